The smallest absolute Gasteiger partial charge is 0.228 e. The number of hydrogen-bond donors (Lipinski definition) is 3. The Hall–Kier alpha value is -3.12. The number of hydrazine groups is 1. The SMILES string of the molecule is Cc1ccc(N(N)C=O)cc1-c1ccc2c(c1)=CNC(NC(=O)C1CC1)C=2. The molecule has 0 spiro atoms. The van der Waals surface area contributed by atoms with E-state index in [0.717, 1.165) is 45.0 Å². The van der Waals surface area contributed by atoms with Crippen molar-refractivity contribution < 1.29 is 9.59 Å². The van der Waals surface area contributed by atoms with Crippen molar-refractivity contribution in [3.05, 3.63) is 52.4 Å². The van der Waals surface area contributed by atoms with E-state index in [1.54, 1.807) is 0 Å². The van der Waals surface area contributed by atoms with Crippen molar-refractivity contribution in [2.45, 2.75) is 25.9 Å². The topological polar surface area (TPSA) is 87.5 Å². The fourth-order valence-electron chi connectivity index (χ4n) is 3.27. The van der Waals surface area contributed by atoms with Gasteiger partial charge in [-0.1, -0.05) is 18.2 Å². The Kier molecular flexibility index (Phi) is 4.41. The number of nitrogens with two attached hydrogens (primary N) is 1. The van der Waals surface area contributed by atoms with Crippen molar-refractivity contribution in [1.82, 2.24) is 10.6 Å². The number of fused-ring (bicyclic) bond motifs is 1. The maximum Gasteiger partial charge on any atom is 0.228 e. The third kappa shape index (κ3) is 3.57. The highest BCUT2D eigenvalue weighted by molar-refractivity contribution is 5.82. The van der Waals surface area contributed by atoms with Crippen LogP contribution >= 0.6 is 0 Å². The molecule has 2 amide bonds. The normalized spacial score (nSPS) is 17.6. The lowest BCUT2D eigenvalue weighted by Gasteiger charge is -2.19. The average Bonchev–Trinajstić information content (AvgIpc) is 3.53. The molecule has 2 aliphatic rings. The largest absolute Gasteiger partial charge is 0.368 e. The Morgan fingerprint density at radius 1 is 1.22 bits per heavy atom. The molecule has 4 rings (SSSR count). The fourth-order valence-corrected chi connectivity index (χ4v) is 3.27. The monoisotopic (exact) mass is 362 g/mol. The summed E-state index contributed by atoms with van der Waals surface area (Å²) in [6, 6.07) is 11.9. The molecule has 0 bridgehead atoms. The van der Waals surface area contributed by atoms with Crippen LogP contribution in [-0.2, 0) is 9.59 Å². The van der Waals surface area contributed by atoms with Crippen LogP contribution in [0.5, 0.6) is 0 Å². The summed E-state index contributed by atoms with van der Waals surface area (Å²) in [4.78, 5) is 22.9. The quantitative estimate of drug-likeness (QED) is 0.312. The van der Waals surface area contributed by atoms with Crippen LogP contribution < -0.4 is 31.9 Å². The van der Waals surface area contributed by atoms with Gasteiger partial charge in [-0.25, -0.2) is 5.84 Å². The molecule has 138 valence electrons. The molecule has 1 heterocycles. The van der Waals surface area contributed by atoms with Gasteiger partial charge in [0.1, 0.15) is 6.17 Å². The van der Waals surface area contributed by atoms with Gasteiger partial charge in [0, 0.05) is 12.1 Å². The summed E-state index contributed by atoms with van der Waals surface area (Å²) >= 11 is 0. The fraction of sp³-hybridized carbons (Fsp3) is 0.238. The highest BCUT2D eigenvalue weighted by Crippen LogP contribution is 2.29. The molecule has 0 radical (unpaired) electrons. The van der Waals surface area contributed by atoms with Gasteiger partial charge in [0.25, 0.3) is 0 Å². The zero-order valence-electron chi connectivity index (χ0n) is 15.1. The number of hydrogen-bond acceptors (Lipinski definition) is 4. The lowest BCUT2D eigenvalue weighted by atomic mass is 9.98. The van der Waals surface area contributed by atoms with E-state index in [1.807, 2.05) is 49.5 Å². The molecule has 0 saturated heterocycles. The molecule has 6 heteroatoms. The van der Waals surface area contributed by atoms with Crippen molar-refractivity contribution in [1.29, 1.82) is 0 Å². The number of anilines is 1. The number of rotatable bonds is 5. The minimum Gasteiger partial charge on any atom is -0.368 e. The molecule has 1 saturated carbocycles. The van der Waals surface area contributed by atoms with E-state index in [4.69, 9.17) is 5.84 Å². The number of aryl methyl sites for hydroxylation is 1. The Balaban J connectivity index is 1.64. The zero-order valence-corrected chi connectivity index (χ0v) is 15.1. The molecule has 1 aliphatic heterocycles. The van der Waals surface area contributed by atoms with Gasteiger partial charge in [0.2, 0.25) is 12.3 Å². The van der Waals surface area contributed by atoms with Gasteiger partial charge in [0.05, 0.1) is 5.69 Å². The second kappa shape index (κ2) is 6.89. The second-order valence-corrected chi connectivity index (χ2v) is 7.09. The van der Waals surface area contributed by atoms with Crippen molar-refractivity contribution in [2.24, 2.45) is 11.8 Å². The Labute approximate surface area is 157 Å². The number of nitrogens with zero attached hydrogens (tertiary/aromatic N) is 1. The van der Waals surface area contributed by atoms with Crippen molar-refractivity contribution >= 4 is 30.3 Å². The van der Waals surface area contributed by atoms with Gasteiger partial charge in [-0.3, -0.25) is 14.6 Å². The predicted molar refractivity (Wildman–Crippen MR) is 105 cm³/mol. The first kappa shape index (κ1) is 17.3. The van der Waals surface area contributed by atoms with Crippen LogP contribution in [0.15, 0.2) is 36.4 Å². The highest BCUT2D eigenvalue weighted by atomic mass is 16.2. The summed E-state index contributed by atoms with van der Waals surface area (Å²) < 4.78 is 0. The minimum atomic E-state index is -0.181. The van der Waals surface area contributed by atoms with Crippen LogP contribution in [0.25, 0.3) is 23.4 Å². The summed E-state index contributed by atoms with van der Waals surface area (Å²) in [5.74, 6) is 6.00. The first-order chi connectivity index (χ1) is 13.0. The molecule has 1 fully saturated rings. The van der Waals surface area contributed by atoms with E-state index < -0.39 is 0 Å². The molecular weight excluding hydrogens is 340 g/mol. The Morgan fingerprint density at radius 3 is 2.78 bits per heavy atom. The van der Waals surface area contributed by atoms with Crippen LogP contribution in [0.3, 0.4) is 0 Å². The van der Waals surface area contributed by atoms with E-state index in [9.17, 15) is 9.59 Å². The van der Waals surface area contributed by atoms with Gasteiger partial charge in [-0.05, 0) is 71.2 Å². The number of carbonyl (C=O) groups excluding carboxylic acids is 2. The zero-order chi connectivity index (χ0) is 19.0. The molecule has 6 nitrogen and oxygen atoms in total. The molecule has 2 aromatic rings. The summed E-state index contributed by atoms with van der Waals surface area (Å²) in [7, 11) is 0. The van der Waals surface area contributed by atoms with Crippen molar-refractivity contribution in [2.75, 3.05) is 5.01 Å². The number of carbonyl (C=O) groups is 2. The van der Waals surface area contributed by atoms with E-state index in [-0.39, 0.29) is 18.0 Å². The average molecular weight is 362 g/mol. The molecule has 1 unspecified atom stereocenters. The highest BCUT2D eigenvalue weighted by Gasteiger charge is 2.30. The maximum absolute atomic E-state index is 11.9. The van der Waals surface area contributed by atoms with Crippen LogP contribution in [0.1, 0.15) is 18.4 Å². The lowest BCUT2D eigenvalue weighted by Crippen LogP contribution is -2.48. The van der Waals surface area contributed by atoms with Crippen molar-refractivity contribution in [3.8, 4) is 11.1 Å². The van der Waals surface area contributed by atoms with E-state index >= 15 is 0 Å². The van der Waals surface area contributed by atoms with Gasteiger partial charge >= 0.3 is 0 Å². The van der Waals surface area contributed by atoms with Crippen LogP contribution in [0.4, 0.5) is 5.69 Å². The summed E-state index contributed by atoms with van der Waals surface area (Å²) in [6.07, 6.45) is 6.34. The Bertz CT molecular complexity index is 1030. The first-order valence-electron chi connectivity index (χ1n) is 9.04. The Morgan fingerprint density at radius 2 is 2.04 bits per heavy atom. The van der Waals surface area contributed by atoms with Crippen LogP contribution in [0, 0.1) is 12.8 Å². The molecule has 27 heavy (non-hydrogen) atoms. The number of nitrogens with one attached hydrogen (secondary N) is 2. The molecule has 1 atom stereocenters. The van der Waals surface area contributed by atoms with E-state index in [0.29, 0.717) is 12.1 Å². The van der Waals surface area contributed by atoms with Gasteiger partial charge in [-0.15, -0.1) is 0 Å². The van der Waals surface area contributed by atoms with E-state index in [2.05, 4.69) is 16.7 Å². The maximum atomic E-state index is 11.9. The van der Waals surface area contributed by atoms with Crippen LogP contribution in [0.2, 0.25) is 0 Å². The summed E-state index contributed by atoms with van der Waals surface area (Å²) in [5.41, 5.74) is 3.80. The van der Waals surface area contributed by atoms with Gasteiger partial charge < -0.3 is 10.6 Å². The molecule has 1 aliphatic carbocycles. The predicted octanol–water partition coefficient (Wildman–Crippen LogP) is 0.473. The molecular formula is C21H22N4O2. The van der Waals surface area contributed by atoms with Crippen molar-refractivity contribution in [3.63, 3.8) is 0 Å². The lowest BCUT2D eigenvalue weighted by molar-refractivity contribution is -0.122. The van der Waals surface area contributed by atoms with Gasteiger partial charge in [-0.2, -0.15) is 0 Å². The van der Waals surface area contributed by atoms with Crippen LogP contribution in [-0.4, -0.2) is 18.5 Å². The third-order valence-corrected chi connectivity index (χ3v) is 5.04. The van der Waals surface area contributed by atoms with Gasteiger partial charge in [0.15, 0.2) is 0 Å². The molecule has 4 N–H and O–H groups in total. The van der Waals surface area contributed by atoms with E-state index in [1.165, 1.54) is 0 Å². The third-order valence-electron chi connectivity index (χ3n) is 5.04. The number of amides is 2. The molecule has 2 aromatic carbocycles. The second-order valence-electron chi connectivity index (χ2n) is 7.09. The first-order valence-corrected chi connectivity index (χ1v) is 9.04. The molecule has 0 aromatic heterocycles. The standard InChI is InChI=1S/C21H22N4O2/c1-13-2-7-18(25(22)12-26)10-19(13)16-6-5-15-9-20(23-11-17(15)8-16)24-21(27)14-3-4-14/h2,5-12,14,20,23H,3-4,22H2,1H3,(H,24,27). The number of benzene rings is 2. The summed E-state index contributed by atoms with van der Waals surface area (Å²) in [5, 5.41) is 9.43. The summed E-state index contributed by atoms with van der Waals surface area (Å²) in [6.45, 7) is 2.03. The minimum absolute atomic E-state index is 0.117.